The molecule has 2 aliphatic heterocycles. The van der Waals surface area contributed by atoms with E-state index < -0.39 is 23.9 Å². The van der Waals surface area contributed by atoms with Crippen LogP contribution < -0.4 is 20.1 Å². The summed E-state index contributed by atoms with van der Waals surface area (Å²) in [6.07, 6.45) is 3.65. The largest absolute Gasteiger partial charge is 0.454 e. The number of carbonyl (C=O) groups excluding carboxylic acids is 4. The highest BCUT2D eigenvalue weighted by atomic mass is 16.7. The molecule has 2 aromatic rings. The first-order chi connectivity index (χ1) is 19.4. The average Bonchev–Trinajstić information content (AvgIpc) is 3.44. The maximum Gasteiger partial charge on any atom is 0.327 e. The first-order valence-electron chi connectivity index (χ1n) is 13.7. The van der Waals surface area contributed by atoms with Gasteiger partial charge in [-0.2, -0.15) is 0 Å². The Morgan fingerprint density at radius 3 is 2.55 bits per heavy atom. The summed E-state index contributed by atoms with van der Waals surface area (Å²) in [5.74, 6) is -0.343. The van der Waals surface area contributed by atoms with E-state index in [1.165, 1.54) is 11.0 Å². The molecule has 0 aromatic heterocycles. The summed E-state index contributed by atoms with van der Waals surface area (Å²) in [7, 11) is 0. The van der Waals surface area contributed by atoms with E-state index in [0.29, 0.717) is 43.0 Å². The molecule has 2 heterocycles. The molecule has 3 aliphatic rings. The Bertz CT molecular complexity index is 1310. The third kappa shape index (κ3) is 5.66. The Morgan fingerprint density at radius 1 is 1.05 bits per heavy atom. The standard InChI is InChI=1S/C30H34N4O6/c1-3-13-33-29(37)23-11-8-21(28(36)31-16-20-7-12-25-26(14-20)40-18-39-25)15-24(23)34(30(33)38)17-27(35)32-22-9-5-19(4-2)6-10-22/h3,5-7,9-10,12,14,21,23-24H,1,4,8,11,13,15-18H2,2H3,(H,31,36)(H,32,35). The van der Waals surface area contributed by atoms with E-state index in [1.54, 1.807) is 0 Å². The van der Waals surface area contributed by atoms with Crippen molar-refractivity contribution in [2.45, 2.75) is 45.2 Å². The van der Waals surface area contributed by atoms with Gasteiger partial charge in [0, 0.05) is 30.7 Å². The van der Waals surface area contributed by atoms with Crippen LogP contribution in [0, 0.1) is 11.8 Å². The van der Waals surface area contributed by atoms with Gasteiger partial charge in [-0.1, -0.05) is 31.2 Å². The topological polar surface area (TPSA) is 117 Å². The van der Waals surface area contributed by atoms with Crippen LogP contribution in [0.1, 0.15) is 37.3 Å². The first kappa shape index (κ1) is 27.2. The van der Waals surface area contributed by atoms with Crippen LogP contribution in [0.3, 0.4) is 0 Å². The molecule has 5 amide bonds. The van der Waals surface area contributed by atoms with Gasteiger partial charge in [0.25, 0.3) is 0 Å². The van der Waals surface area contributed by atoms with Crippen LogP contribution in [-0.2, 0) is 27.3 Å². The fourth-order valence-electron chi connectivity index (χ4n) is 5.65. The minimum atomic E-state index is -0.552. The average molecular weight is 547 g/mol. The number of carbonyl (C=O) groups is 4. The summed E-state index contributed by atoms with van der Waals surface area (Å²) in [4.78, 5) is 55.4. The van der Waals surface area contributed by atoms with Crippen molar-refractivity contribution in [1.29, 1.82) is 0 Å². The second kappa shape index (κ2) is 11.8. The Balaban J connectivity index is 1.27. The van der Waals surface area contributed by atoms with Gasteiger partial charge in [-0.3, -0.25) is 19.3 Å². The highest BCUT2D eigenvalue weighted by Gasteiger charge is 2.49. The SMILES string of the molecule is C=CCN1C(=O)C2CCC(C(=O)NCc3ccc4c(c3)OCO4)CC2N(CC(=O)Nc2ccc(CC)cc2)C1=O. The zero-order valence-corrected chi connectivity index (χ0v) is 22.6. The molecular weight excluding hydrogens is 512 g/mol. The lowest BCUT2D eigenvalue weighted by Gasteiger charge is -2.47. The van der Waals surface area contributed by atoms with Gasteiger partial charge < -0.3 is 25.0 Å². The van der Waals surface area contributed by atoms with Crippen LogP contribution in [0.5, 0.6) is 11.5 Å². The van der Waals surface area contributed by atoms with E-state index in [9.17, 15) is 19.2 Å². The van der Waals surface area contributed by atoms with Gasteiger partial charge in [-0.15, -0.1) is 6.58 Å². The molecule has 1 saturated heterocycles. The zero-order valence-electron chi connectivity index (χ0n) is 22.6. The van der Waals surface area contributed by atoms with E-state index in [0.717, 1.165) is 22.4 Å². The van der Waals surface area contributed by atoms with Crippen LogP contribution in [0.2, 0.25) is 0 Å². The van der Waals surface area contributed by atoms with Gasteiger partial charge in [0.15, 0.2) is 11.5 Å². The lowest BCUT2D eigenvalue weighted by atomic mass is 9.75. The summed E-state index contributed by atoms with van der Waals surface area (Å²) in [5, 5.41) is 5.83. The fraction of sp³-hybridized carbons (Fsp3) is 0.400. The monoisotopic (exact) mass is 546 g/mol. The number of hydrogen-bond acceptors (Lipinski definition) is 6. The number of nitrogens with zero attached hydrogens (tertiary/aromatic N) is 2. The van der Waals surface area contributed by atoms with Crippen molar-refractivity contribution in [3.8, 4) is 11.5 Å². The molecule has 3 unspecified atom stereocenters. The van der Waals surface area contributed by atoms with Gasteiger partial charge in [0.1, 0.15) is 6.54 Å². The summed E-state index contributed by atoms with van der Waals surface area (Å²) in [5.41, 5.74) is 2.65. The van der Waals surface area contributed by atoms with Crippen molar-refractivity contribution < 1.29 is 28.7 Å². The molecule has 5 rings (SSSR count). The van der Waals surface area contributed by atoms with Gasteiger partial charge >= 0.3 is 6.03 Å². The second-order valence-electron chi connectivity index (χ2n) is 10.3. The fourth-order valence-corrected chi connectivity index (χ4v) is 5.65. The third-order valence-electron chi connectivity index (χ3n) is 7.82. The van der Waals surface area contributed by atoms with Crippen molar-refractivity contribution in [2.75, 3.05) is 25.2 Å². The van der Waals surface area contributed by atoms with E-state index in [1.807, 2.05) is 42.5 Å². The van der Waals surface area contributed by atoms with Crippen molar-refractivity contribution in [3.05, 3.63) is 66.2 Å². The lowest BCUT2D eigenvalue weighted by Crippen LogP contribution is -2.64. The molecule has 1 aliphatic carbocycles. The number of hydrogen-bond donors (Lipinski definition) is 2. The van der Waals surface area contributed by atoms with Gasteiger partial charge in [0.05, 0.1) is 5.92 Å². The predicted molar refractivity (Wildman–Crippen MR) is 147 cm³/mol. The Morgan fingerprint density at radius 2 is 1.80 bits per heavy atom. The molecule has 0 spiro atoms. The number of amides is 5. The molecule has 0 bridgehead atoms. The number of rotatable bonds is 9. The van der Waals surface area contributed by atoms with Crippen molar-refractivity contribution in [2.24, 2.45) is 11.8 Å². The third-order valence-corrected chi connectivity index (χ3v) is 7.82. The van der Waals surface area contributed by atoms with Crippen LogP contribution in [0.25, 0.3) is 0 Å². The molecule has 0 radical (unpaired) electrons. The van der Waals surface area contributed by atoms with Gasteiger partial charge in [-0.25, -0.2) is 4.79 Å². The molecule has 3 atom stereocenters. The minimum absolute atomic E-state index is 0.0664. The Kier molecular flexibility index (Phi) is 8.04. The van der Waals surface area contributed by atoms with Gasteiger partial charge in [-0.05, 0) is 61.1 Å². The Hall–Kier alpha value is -4.34. The molecule has 2 aromatic carbocycles. The molecule has 1 saturated carbocycles. The maximum absolute atomic E-state index is 13.4. The normalized spacial score (nSPS) is 21.6. The maximum atomic E-state index is 13.4. The van der Waals surface area contributed by atoms with Crippen molar-refractivity contribution in [3.63, 3.8) is 0 Å². The summed E-state index contributed by atoms with van der Waals surface area (Å²) < 4.78 is 10.7. The van der Waals surface area contributed by atoms with Crippen LogP contribution >= 0.6 is 0 Å². The molecule has 2 fully saturated rings. The number of imide groups is 1. The zero-order chi connectivity index (χ0) is 28.2. The molecule has 2 N–H and O–H groups in total. The second-order valence-corrected chi connectivity index (χ2v) is 10.3. The lowest BCUT2D eigenvalue weighted by molar-refractivity contribution is -0.144. The van der Waals surface area contributed by atoms with E-state index in [4.69, 9.17) is 9.47 Å². The molecular formula is C30H34N4O6. The van der Waals surface area contributed by atoms with Crippen LogP contribution in [0.15, 0.2) is 55.1 Å². The number of nitrogens with one attached hydrogen (secondary N) is 2. The van der Waals surface area contributed by atoms with E-state index >= 15 is 0 Å². The summed E-state index contributed by atoms with van der Waals surface area (Å²) in [6.45, 7) is 6.06. The number of anilines is 1. The predicted octanol–water partition coefficient (Wildman–Crippen LogP) is 3.47. The molecule has 210 valence electrons. The first-order valence-corrected chi connectivity index (χ1v) is 13.7. The molecule has 10 heteroatoms. The van der Waals surface area contributed by atoms with Crippen LogP contribution in [-0.4, -0.2) is 59.5 Å². The van der Waals surface area contributed by atoms with Crippen molar-refractivity contribution in [1.82, 2.24) is 15.1 Å². The minimum Gasteiger partial charge on any atom is -0.454 e. The van der Waals surface area contributed by atoms with E-state index in [2.05, 4.69) is 24.1 Å². The summed E-state index contributed by atoms with van der Waals surface area (Å²) in [6, 6.07) is 12.0. The number of ether oxygens (including phenoxy) is 2. The summed E-state index contributed by atoms with van der Waals surface area (Å²) >= 11 is 0. The number of benzene rings is 2. The Labute approximate surface area is 233 Å². The smallest absolute Gasteiger partial charge is 0.327 e. The quantitative estimate of drug-likeness (QED) is 0.465. The highest BCUT2D eigenvalue weighted by Crippen LogP contribution is 2.38. The highest BCUT2D eigenvalue weighted by molar-refractivity contribution is 6.02. The molecule has 10 nitrogen and oxygen atoms in total. The van der Waals surface area contributed by atoms with Crippen LogP contribution in [0.4, 0.5) is 10.5 Å². The molecule has 40 heavy (non-hydrogen) atoms. The van der Waals surface area contributed by atoms with Gasteiger partial charge in [0.2, 0.25) is 24.5 Å². The van der Waals surface area contributed by atoms with E-state index in [-0.39, 0.29) is 37.6 Å². The number of fused-ring (bicyclic) bond motifs is 2. The van der Waals surface area contributed by atoms with Crippen molar-refractivity contribution >= 4 is 29.4 Å². The number of aryl methyl sites for hydroxylation is 1. The number of urea groups is 1.